The average molecular weight is 451 g/mol. The summed E-state index contributed by atoms with van der Waals surface area (Å²) in [6, 6.07) is 2.58. The lowest BCUT2D eigenvalue weighted by molar-refractivity contribution is 0.393. The number of nitrogens with zero attached hydrogens (tertiary/aromatic N) is 2. The molecule has 28 heavy (non-hydrogen) atoms. The maximum Gasteiger partial charge on any atom is 0.243 e. The Balaban J connectivity index is 1.99. The van der Waals surface area contributed by atoms with Crippen LogP contribution in [0, 0.1) is 13.8 Å². The van der Waals surface area contributed by atoms with Crippen molar-refractivity contribution >= 4 is 35.6 Å². The van der Waals surface area contributed by atoms with Crippen LogP contribution in [0.3, 0.4) is 0 Å². The van der Waals surface area contributed by atoms with Crippen molar-refractivity contribution in [1.29, 1.82) is 0 Å². The SMILES string of the molecule is Cc1cc(N2CCCCS2(=O)=O)cc(C)c1S(=O)(=O)N(C)[C@H]1CCS(=O)(=O)C1. The molecule has 0 N–H and O–H groups in total. The highest BCUT2D eigenvalue weighted by Crippen LogP contribution is 2.33. The second kappa shape index (κ2) is 7.26. The number of benzene rings is 1. The van der Waals surface area contributed by atoms with Crippen molar-refractivity contribution in [2.45, 2.75) is 44.0 Å². The second-order valence-corrected chi connectivity index (χ2v) is 13.8. The van der Waals surface area contributed by atoms with Gasteiger partial charge in [0.15, 0.2) is 9.84 Å². The van der Waals surface area contributed by atoms with Crippen LogP contribution in [-0.2, 0) is 29.9 Å². The lowest BCUT2D eigenvalue weighted by Gasteiger charge is -2.30. The standard InChI is InChI=1S/C17H26N2O6S3/c1-13-10-16(19-7-4-5-8-27(19,22)23)11-14(2)17(13)28(24,25)18(3)15-6-9-26(20,21)12-15/h10-11,15H,4-9,12H2,1-3H3/t15-/m0/s1. The van der Waals surface area contributed by atoms with E-state index in [1.54, 1.807) is 26.0 Å². The number of hydrogen-bond acceptors (Lipinski definition) is 6. The first-order valence-electron chi connectivity index (χ1n) is 9.15. The van der Waals surface area contributed by atoms with E-state index in [0.29, 0.717) is 29.8 Å². The minimum absolute atomic E-state index is 0.0127. The lowest BCUT2D eigenvalue weighted by Crippen LogP contribution is -2.39. The van der Waals surface area contributed by atoms with Crippen LogP contribution in [0.2, 0.25) is 0 Å². The largest absolute Gasteiger partial charge is 0.270 e. The highest BCUT2D eigenvalue weighted by atomic mass is 32.2. The molecule has 1 aromatic rings. The van der Waals surface area contributed by atoms with Gasteiger partial charge in [-0.05, 0) is 56.4 Å². The summed E-state index contributed by atoms with van der Waals surface area (Å²) in [6.45, 7) is 3.66. The maximum atomic E-state index is 13.2. The summed E-state index contributed by atoms with van der Waals surface area (Å²) in [7, 11) is -9.11. The Morgan fingerprint density at radius 2 is 1.64 bits per heavy atom. The Hall–Kier alpha value is -1.17. The highest BCUT2D eigenvalue weighted by molar-refractivity contribution is 7.93. The van der Waals surface area contributed by atoms with Crippen LogP contribution in [-0.4, -0.2) is 66.5 Å². The topological polar surface area (TPSA) is 109 Å². The minimum Gasteiger partial charge on any atom is -0.270 e. The van der Waals surface area contributed by atoms with Gasteiger partial charge in [0.25, 0.3) is 0 Å². The number of aryl methyl sites for hydroxylation is 2. The molecule has 8 nitrogen and oxygen atoms in total. The van der Waals surface area contributed by atoms with E-state index in [4.69, 9.17) is 0 Å². The van der Waals surface area contributed by atoms with Crippen molar-refractivity contribution in [3.63, 3.8) is 0 Å². The van der Waals surface area contributed by atoms with E-state index >= 15 is 0 Å². The fraction of sp³-hybridized carbons (Fsp3) is 0.647. The Morgan fingerprint density at radius 1 is 1.04 bits per heavy atom. The maximum absolute atomic E-state index is 13.2. The van der Waals surface area contributed by atoms with Gasteiger partial charge in [0, 0.05) is 19.6 Å². The molecule has 0 spiro atoms. The van der Waals surface area contributed by atoms with Gasteiger partial charge in [-0.15, -0.1) is 0 Å². The average Bonchev–Trinajstić information content (AvgIpc) is 2.92. The molecule has 0 unspecified atom stereocenters. The second-order valence-electron chi connectivity index (χ2n) is 7.58. The van der Waals surface area contributed by atoms with Crippen molar-refractivity contribution in [3.8, 4) is 0 Å². The van der Waals surface area contributed by atoms with Crippen molar-refractivity contribution in [2.24, 2.45) is 0 Å². The van der Waals surface area contributed by atoms with Gasteiger partial charge in [-0.3, -0.25) is 4.31 Å². The van der Waals surface area contributed by atoms with E-state index in [9.17, 15) is 25.3 Å². The van der Waals surface area contributed by atoms with Gasteiger partial charge in [-0.2, -0.15) is 4.31 Å². The van der Waals surface area contributed by atoms with Gasteiger partial charge >= 0.3 is 0 Å². The number of sulfone groups is 1. The molecule has 1 aromatic carbocycles. The van der Waals surface area contributed by atoms with Gasteiger partial charge < -0.3 is 0 Å². The molecule has 1 atom stereocenters. The first-order chi connectivity index (χ1) is 12.8. The van der Waals surface area contributed by atoms with Crippen LogP contribution in [0.4, 0.5) is 5.69 Å². The van der Waals surface area contributed by atoms with Gasteiger partial charge in [0.05, 0.1) is 27.8 Å². The molecule has 0 aliphatic carbocycles. The molecule has 158 valence electrons. The summed E-state index contributed by atoms with van der Waals surface area (Å²) in [5.74, 6) is -0.101. The third kappa shape index (κ3) is 3.94. The molecule has 2 fully saturated rings. The Morgan fingerprint density at radius 3 is 2.14 bits per heavy atom. The summed E-state index contributed by atoms with van der Waals surface area (Å²) in [5.41, 5.74) is 1.37. The Kier molecular flexibility index (Phi) is 5.59. The van der Waals surface area contributed by atoms with Crippen LogP contribution in [0.1, 0.15) is 30.4 Å². The number of sulfonamides is 2. The van der Waals surface area contributed by atoms with Gasteiger partial charge in [-0.25, -0.2) is 25.3 Å². The molecule has 2 saturated heterocycles. The summed E-state index contributed by atoms with van der Waals surface area (Å²) in [4.78, 5) is 0.109. The molecular formula is C17H26N2O6S3. The van der Waals surface area contributed by atoms with E-state index in [2.05, 4.69) is 0 Å². The molecule has 2 heterocycles. The summed E-state index contributed by atoms with van der Waals surface area (Å²) < 4.78 is 77.1. The summed E-state index contributed by atoms with van der Waals surface area (Å²) >= 11 is 0. The van der Waals surface area contributed by atoms with E-state index in [1.807, 2.05) is 0 Å². The van der Waals surface area contributed by atoms with Gasteiger partial charge in [-0.1, -0.05) is 0 Å². The molecule has 0 radical (unpaired) electrons. The van der Waals surface area contributed by atoms with E-state index in [1.165, 1.54) is 11.4 Å². The van der Waals surface area contributed by atoms with Crippen LogP contribution in [0.25, 0.3) is 0 Å². The Labute approximate surface area is 167 Å². The molecule has 11 heteroatoms. The third-order valence-corrected chi connectivity index (χ3v) is 11.3. The molecule has 0 aromatic heterocycles. The van der Waals surface area contributed by atoms with E-state index in [0.717, 1.165) is 10.7 Å². The zero-order chi connectivity index (χ0) is 20.9. The fourth-order valence-corrected chi connectivity index (χ4v) is 9.24. The van der Waals surface area contributed by atoms with Gasteiger partial charge in [0.1, 0.15) is 0 Å². The van der Waals surface area contributed by atoms with Crippen molar-refractivity contribution < 1.29 is 25.3 Å². The predicted octanol–water partition coefficient (Wildman–Crippen LogP) is 1.04. The first kappa shape index (κ1) is 21.5. The molecule has 0 amide bonds. The molecule has 0 bridgehead atoms. The Bertz CT molecular complexity index is 1070. The fourth-order valence-electron chi connectivity index (χ4n) is 3.96. The molecule has 3 rings (SSSR count). The van der Waals surface area contributed by atoms with Crippen LogP contribution in [0.15, 0.2) is 17.0 Å². The van der Waals surface area contributed by atoms with Gasteiger partial charge in [0.2, 0.25) is 20.0 Å². The van der Waals surface area contributed by atoms with Crippen LogP contribution in [0.5, 0.6) is 0 Å². The molecule has 0 saturated carbocycles. The van der Waals surface area contributed by atoms with Crippen molar-refractivity contribution in [3.05, 3.63) is 23.3 Å². The van der Waals surface area contributed by atoms with Crippen molar-refractivity contribution in [1.82, 2.24) is 4.31 Å². The predicted molar refractivity (Wildman–Crippen MR) is 108 cm³/mol. The van der Waals surface area contributed by atoms with E-state index in [-0.39, 0.29) is 28.6 Å². The monoisotopic (exact) mass is 450 g/mol. The zero-order valence-electron chi connectivity index (χ0n) is 16.3. The number of rotatable bonds is 4. The minimum atomic E-state index is -3.91. The zero-order valence-corrected chi connectivity index (χ0v) is 18.7. The molecule has 2 aliphatic heterocycles. The number of anilines is 1. The molecule has 2 aliphatic rings. The summed E-state index contributed by atoms with van der Waals surface area (Å²) in [5, 5.41) is 0. The number of hydrogen-bond donors (Lipinski definition) is 0. The third-order valence-electron chi connectivity index (χ3n) is 5.44. The quantitative estimate of drug-likeness (QED) is 0.678. The van der Waals surface area contributed by atoms with Crippen LogP contribution >= 0.6 is 0 Å². The van der Waals surface area contributed by atoms with Crippen LogP contribution < -0.4 is 4.31 Å². The summed E-state index contributed by atoms with van der Waals surface area (Å²) in [6.07, 6.45) is 1.66. The lowest BCUT2D eigenvalue weighted by atomic mass is 10.1. The highest BCUT2D eigenvalue weighted by Gasteiger charge is 2.38. The first-order valence-corrected chi connectivity index (χ1v) is 14.0. The molecular weight excluding hydrogens is 424 g/mol. The smallest absolute Gasteiger partial charge is 0.243 e. The van der Waals surface area contributed by atoms with E-state index < -0.39 is 35.9 Å². The normalized spacial score (nSPS) is 24.6. The van der Waals surface area contributed by atoms with Crippen molar-refractivity contribution in [2.75, 3.05) is 35.2 Å².